The third kappa shape index (κ3) is 2.94. The van der Waals surface area contributed by atoms with E-state index in [0.717, 1.165) is 31.6 Å². The smallest absolute Gasteiger partial charge is 0.332 e. The average molecular weight is 313 g/mol. The molecule has 0 unspecified atom stereocenters. The molecule has 7 heteroatoms. The monoisotopic (exact) mass is 313 g/mol. The Bertz CT molecular complexity index is 714. The maximum atomic E-state index is 11.4. The van der Waals surface area contributed by atoms with Crippen LogP contribution in [-0.2, 0) is 0 Å². The predicted octanol–water partition coefficient (Wildman–Crippen LogP) is 3.06. The summed E-state index contributed by atoms with van der Waals surface area (Å²) in [5.41, 5.74) is 1.34. The van der Waals surface area contributed by atoms with Crippen LogP contribution in [-0.4, -0.2) is 35.0 Å². The molecule has 2 aromatic rings. The second kappa shape index (κ2) is 6.20. The molecule has 23 heavy (non-hydrogen) atoms. The Labute approximate surface area is 134 Å². The first-order chi connectivity index (χ1) is 11.1. The van der Waals surface area contributed by atoms with Gasteiger partial charge < -0.3 is 9.80 Å². The van der Waals surface area contributed by atoms with E-state index in [9.17, 15) is 10.1 Å². The lowest BCUT2D eigenvalue weighted by Gasteiger charge is -2.21. The lowest BCUT2D eigenvalue weighted by molar-refractivity contribution is -0.385. The summed E-state index contributed by atoms with van der Waals surface area (Å²) in [4.78, 5) is 23.7. The number of rotatable bonds is 4. The van der Waals surface area contributed by atoms with Crippen LogP contribution in [0.4, 0.5) is 23.1 Å². The summed E-state index contributed by atoms with van der Waals surface area (Å²) in [6.45, 7) is 3.26. The molecule has 3 rings (SSSR count). The molecular weight excluding hydrogens is 294 g/mol. The molecule has 1 fully saturated rings. The van der Waals surface area contributed by atoms with Crippen molar-refractivity contribution in [3.05, 3.63) is 46.1 Å². The number of benzene rings is 1. The van der Waals surface area contributed by atoms with Crippen LogP contribution in [0.25, 0.3) is 0 Å². The Balaban J connectivity index is 2.07. The van der Waals surface area contributed by atoms with E-state index < -0.39 is 0 Å². The molecule has 1 saturated heterocycles. The van der Waals surface area contributed by atoms with Crippen molar-refractivity contribution in [2.24, 2.45) is 0 Å². The molecule has 1 aliphatic rings. The van der Waals surface area contributed by atoms with Gasteiger partial charge in [0.15, 0.2) is 0 Å². The van der Waals surface area contributed by atoms with Gasteiger partial charge in [0.2, 0.25) is 11.8 Å². The minimum absolute atomic E-state index is 0.0112. The summed E-state index contributed by atoms with van der Waals surface area (Å²) in [6.07, 6.45) is 2.06. The first-order valence-corrected chi connectivity index (χ1v) is 7.64. The predicted molar refractivity (Wildman–Crippen MR) is 89.4 cm³/mol. The highest BCUT2D eigenvalue weighted by Gasteiger charge is 2.28. The van der Waals surface area contributed by atoms with Gasteiger partial charge in [-0.3, -0.25) is 10.1 Å². The van der Waals surface area contributed by atoms with E-state index in [1.54, 1.807) is 6.92 Å². The van der Waals surface area contributed by atoms with Gasteiger partial charge in [-0.1, -0.05) is 18.2 Å². The van der Waals surface area contributed by atoms with Crippen LogP contribution in [0.1, 0.15) is 18.5 Å². The maximum absolute atomic E-state index is 11.4. The molecule has 0 bridgehead atoms. The Kier molecular flexibility index (Phi) is 4.10. The molecule has 1 aromatic heterocycles. The molecule has 120 valence electrons. The SMILES string of the molecule is Cc1nc(N(C)c2ccccc2)nc(N2CCCC2)c1[N+](=O)[O-]. The van der Waals surface area contributed by atoms with E-state index in [4.69, 9.17) is 0 Å². The first-order valence-electron chi connectivity index (χ1n) is 7.64. The molecule has 1 aromatic carbocycles. The van der Waals surface area contributed by atoms with Gasteiger partial charge in [0.25, 0.3) is 0 Å². The Morgan fingerprint density at radius 2 is 1.83 bits per heavy atom. The van der Waals surface area contributed by atoms with Crippen molar-refractivity contribution in [3.63, 3.8) is 0 Å². The Hall–Kier alpha value is -2.70. The minimum Gasteiger partial charge on any atom is -0.351 e. The Morgan fingerprint density at radius 1 is 1.17 bits per heavy atom. The second-order valence-corrected chi connectivity index (χ2v) is 5.63. The molecular formula is C16H19N5O2. The number of nitro groups is 1. The summed E-state index contributed by atoms with van der Waals surface area (Å²) >= 11 is 0. The van der Waals surface area contributed by atoms with Crippen LogP contribution in [0.15, 0.2) is 30.3 Å². The molecule has 0 spiro atoms. The van der Waals surface area contributed by atoms with Gasteiger partial charge in [-0.15, -0.1) is 0 Å². The van der Waals surface area contributed by atoms with Crippen molar-refractivity contribution in [1.82, 2.24) is 9.97 Å². The molecule has 7 nitrogen and oxygen atoms in total. The van der Waals surface area contributed by atoms with Gasteiger partial charge in [0, 0.05) is 25.8 Å². The summed E-state index contributed by atoms with van der Waals surface area (Å²) in [5, 5.41) is 11.4. The number of aromatic nitrogens is 2. The summed E-state index contributed by atoms with van der Waals surface area (Å²) in [6, 6.07) is 9.72. The highest BCUT2D eigenvalue weighted by Crippen LogP contribution is 2.33. The van der Waals surface area contributed by atoms with E-state index >= 15 is 0 Å². The molecule has 2 heterocycles. The van der Waals surface area contributed by atoms with Crippen molar-refractivity contribution in [3.8, 4) is 0 Å². The lowest BCUT2D eigenvalue weighted by atomic mass is 10.3. The zero-order valence-corrected chi connectivity index (χ0v) is 13.3. The molecule has 1 aliphatic heterocycles. The number of aryl methyl sites for hydroxylation is 1. The quantitative estimate of drug-likeness (QED) is 0.638. The summed E-state index contributed by atoms with van der Waals surface area (Å²) in [7, 11) is 1.86. The fourth-order valence-corrected chi connectivity index (χ4v) is 2.82. The number of para-hydroxylation sites is 1. The first kappa shape index (κ1) is 15.2. The van der Waals surface area contributed by atoms with Gasteiger partial charge in [0.1, 0.15) is 5.69 Å². The van der Waals surface area contributed by atoms with E-state index in [-0.39, 0.29) is 10.6 Å². The number of hydrogen-bond donors (Lipinski definition) is 0. The largest absolute Gasteiger partial charge is 0.351 e. The van der Waals surface area contributed by atoms with E-state index in [0.29, 0.717) is 17.5 Å². The van der Waals surface area contributed by atoms with Crippen molar-refractivity contribution in [2.75, 3.05) is 29.9 Å². The van der Waals surface area contributed by atoms with Crippen LogP contribution in [0, 0.1) is 17.0 Å². The standard InChI is InChI=1S/C16H19N5O2/c1-12-14(21(22)23)15(20-10-6-7-11-20)18-16(17-12)19(2)13-8-4-3-5-9-13/h3-5,8-9H,6-7,10-11H2,1-2H3. The highest BCUT2D eigenvalue weighted by atomic mass is 16.6. The van der Waals surface area contributed by atoms with Gasteiger partial charge >= 0.3 is 5.69 Å². The number of anilines is 3. The molecule has 0 saturated carbocycles. The van der Waals surface area contributed by atoms with Crippen LogP contribution in [0.2, 0.25) is 0 Å². The third-order valence-corrected chi connectivity index (χ3v) is 4.06. The molecule has 0 N–H and O–H groups in total. The van der Waals surface area contributed by atoms with Crippen molar-refractivity contribution >= 4 is 23.1 Å². The fourth-order valence-electron chi connectivity index (χ4n) is 2.82. The molecule has 0 radical (unpaired) electrons. The highest BCUT2D eigenvalue weighted by molar-refractivity contribution is 5.66. The zero-order valence-electron chi connectivity index (χ0n) is 13.3. The topological polar surface area (TPSA) is 75.4 Å². The van der Waals surface area contributed by atoms with Gasteiger partial charge in [-0.05, 0) is 31.9 Å². The van der Waals surface area contributed by atoms with Crippen LogP contribution in [0.3, 0.4) is 0 Å². The van der Waals surface area contributed by atoms with Gasteiger partial charge in [-0.2, -0.15) is 4.98 Å². The number of hydrogen-bond acceptors (Lipinski definition) is 6. The average Bonchev–Trinajstić information content (AvgIpc) is 3.08. The van der Waals surface area contributed by atoms with Gasteiger partial charge in [-0.25, -0.2) is 4.98 Å². The third-order valence-electron chi connectivity index (χ3n) is 4.06. The molecule has 0 atom stereocenters. The van der Waals surface area contributed by atoms with Crippen LogP contribution in [0.5, 0.6) is 0 Å². The fraction of sp³-hybridized carbons (Fsp3) is 0.375. The lowest BCUT2D eigenvalue weighted by Crippen LogP contribution is -2.23. The normalized spacial score (nSPS) is 14.1. The van der Waals surface area contributed by atoms with E-state index in [1.807, 2.05) is 47.2 Å². The second-order valence-electron chi connectivity index (χ2n) is 5.63. The summed E-state index contributed by atoms with van der Waals surface area (Å²) in [5.74, 6) is 0.902. The van der Waals surface area contributed by atoms with Crippen molar-refractivity contribution in [2.45, 2.75) is 19.8 Å². The molecule has 0 aliphatic carbocycles. The maximum Gasteiger partial charge on any atom is 0.332 e. The summed E-state index contributed by atoms with van der Waals surface area (Å²) < 4.78 is 0. The van der Waals surface area contributed by atoms with Crippen molar-refractivity contribution < 1.29 is 4.92 Å². The number of nitrogens with zero attached hydrogens (tertiary/aromatic N) is 5. The van der Waals surface area contributed by atoms with E-state index in [2.05, 4.69) is 9.97 Å². The van der Waals surface area contributed by atoms with Crippen molar-refractivity contribution in [1.29, 1.82) is 0 Å². The van der Waals surface area contributed by atoms with Crippen LogP contribution < -0.4 is 9.80 Å². The Morgan fingerprint density at radius 3 is 2.43 bits per heavy atom. The van der Waals surface area contributed by atoms with E-state index in [1.165, 1.54) is 0 Å². The minimum atomic E-state index is -0.380. The zero-order chi connectivity index (χ0) is 16.4. The molecule has 0 amide bonds. The van der Waals surface area contributed by atoms with Crippen LogP contribution >= 0.6 is 0 Å². The van der Waals surface area contributed by atoms with Gasteiger partial charge in [0.05, 0.1) is 4.92 Å².